The zero-order valence-electron chi connectivity index (χ0n) is 17.0. The summed E-state index contributed by atoms with van der Waals surface area (Å²) in [5.74, 6) is -0.137. The summed E-state index contributed by atoms with van der Waals surface area (Å²) < 4.78 is 6.89. The molecule has 0 atom stereocenters. The average Bonchev–Trinajstić information content (AvgIpc) is 3.35. The first-order valence-electron chi connectivity index (χ1n) is 9.65. The highest BCUT2D eigenvalue weighted by Gasteiger charge is 2.17. The number of nitrogens with one attached hydrogen (secondary N) is 1. The molecule has 0 unspecified atom stereocenters. The Morgan fingerprint density at radius 1 is 1.26 bits per heavy atom. The van der Waals surface area contributed by atoms with Crippen LogP contribution in [0, 0.1) is 10.1 Å². The van der Waals surface area contributed by atoms with Crippen molar-refractivity contribution in [1.29, 1.82) is 0 Å². The molecule has 4 rings (SSSR count). The van der Waals surface area contributed by atoms with Gasteiger partial charge >= 0.3 is 5.69 Å². The minimum absolute atomic E-state index is 0.115. The van der Waals surface area contributed by atoms with E-state index in [1.54, 1.807) is 6.07 Å². The van der Waals surface area contributed by atoms with Gasteiger partial charge in [0.1, 0.15) is 0 Å². The number of aromatic nitrogens is 2. The van der Waals surface area contributed by atoms with Crippen molar-refractivity contribution in [2.75, 3.05) is 12.4 Å². The van der Waals surface area contributed by atoms with Crippen LogP contribution in [0.4, 0.5) is 11.4 Å². The number of nitro groups is 1. The number of carbonyl (C=O) groups is 1. The molecular weight excluding hydrogens is 416 g/mol. The fourth-order valence-corrected chi connectivity index (χ4v) is 4.16. The summed E-state index contributed by atoms with van der Waals surface area (Å²) in [6.07, 6.45) is 3.02. The fraction of sp³-hybridized carbons (Fsp3) is 0.182. The quantitative estimate of drug-likeness (QED) is 0.334. The summed E-state index contributed by atoms with van der Waals surface area (Å²) in [6, 6.07) is 12.6. The molecule has 0 spiro atoms. The number of aryl methyl sites for hydroxylation is 1. The Bertz CT molecular complexity index is 1260. The van der Waals surface area contributed by atoms with Crippen LogP contribution in [0.5, 0.6) is 5.75 Å². The van der Waals surface area contributed by atoms with E-state index < -0.39 is 4.92 Å². The number of hydrogen-bond donors (Lipinski definition) is 1. The monoisotopic (exact) mass is 436 g/mol. The second kappa shape index (κ2) is 8.57. The van der Waals surface area contributed by atoms with E-state index in [1.807, 2.05) is 28.1 Å². The third-order valence-electron chi connectivity index (χ3n) is 4.94. The third kappa shape index (κ3) is 4.26. The molecule has 0 saturated carbocycles. The van der Waals surface area contributed by atoms with Gasteiger partial charge in [-0.05, 0) is 24.1 Å². The van der Waals surface area contributed by atoms with E-state index in [9.17, 15) is 14.9 Å². The Morgan fingerprint density at radius 2 is 2.03 bits per heavy atom. The zero-order chi connectivity index (χ0) is 22.0. The predicted molar refractivity (Wildman–Crippen MR) is 120 cm³/mol. The molecule has 0 bridgehead atoms. The molecule has 0 radical (unpaired) electrons. The average molecular weight is 436 g/mol. The highest BCUT2D eigenvalue weighted by molar-refractivity contribution is 7.15. The molecule has 1 amide bonds. The second-order valence-electron chi connectivity index (χ2n) is 6.92. The SMILES string of the molecule is CCc1ccc(-c2cn3c(CC(=O)Nc4ccc(OC)c([N+](=O)[O-])c4)csc3n2)cc1. The number of fused-ring (bicyclic) bond motifs is 1. The van der Waals surface area contributed by atoms with Gasteiger partial charge in [0.15, 0.2) is 10.7 Å². The predicted octanol–water partition coefficient (Wildman–Crippen LogP) is 4.72. The molecule has 9 heteroatoms. The van der Waals surface area contributed by atoms with Gasteiger partial charge in [0.2, 0.25) is 5.91 Å². The molecule has 2 aromatic heterocycles. The van der Waals surface area contributed by atoms with Gasteiger partial charge in [0.25, 0.3) is 0 Å². The lowest BCUT2D eigenvalue weighted by Gasteiger charge is -2.07. The van der Waals surface area contributed by atoms with E-state index in [-0.39, 0.29) is 23.8 Å². The number of nitro benzene ring substituents is 1. The number of carbonyl (C=O) groups excluding carboxylic acids is 1. The van der Waals surface area contributed by atoms with Crippen LogP contribution in [-0.2, 0) is 17.6 Å². The Balaban J connectivity index is 1.52. The van der Waals surface area contributed by atoms with Crippen LogP contribution >= 0.6 is 11.3 Å². The van der Waals surface area contributed by atoms with Crippen molar-refractivity contribution < 1.29 is 14.5 Å². The summed E-state index contributed by atoms with van der Waals surface area (Å²) in [5, 5.41) is 15.8. The van der Waals surface area contributed by atoms with Crippen molar-refractivity contribution in [1.82, 2.24) is 9.38 Å². The van der Waals surface area contributed by atoms with Gasteiger partial charge in [-0.15, -0.1) is 11.3 Å². The van der Waals surface area contributed by atoms with Crippen molar-refractivity contribution >= 4 is 33.6 Å². The number of anilines is 1. The second-order valence-corrected chi connectivity index (χ2v) is 7.76. The van der Waals surface area contributed by atoms with Crippen LogP contribution in [0.15, 0.2) is 54.0 Å². The van der Waals surface area contributed by atoms with E-state index in [4.69, 9.17) is 4.74 Å². The van der Waals surface area contributed by atoms with Crippen LogP contribution in [0.3, 0.4) is 0 Å². The molecular formula is C22H20N4O4S. The van der Waals surface area contributed by atoms with Crippen LogP contribution in [0.25, 0.3) is 16.2 Å². The Morgan fingerprint density at radius 3 is 2.71 bits per heavy atom. The topological polar surface area (TPSA) is 98.8 Å². The first-order valence-corrected chi connectivity index (χ1v) is 10.5. The van der Waals surface area contributed by atoms with Crippen LogP contribution in [0.2, 0.25) is 0 Å². The highest BCUT2D eigenvalue weighted by atomic mass is 32.1. The Hall–Kier alpha value is -3.72. The van der Waals surface area contributed by atoms with Gasteiger partial charge in [-0.1, -0.05) is 31.2 Å². The number of benzene rings is 2. The van der Waals surface area contributed by atoms with Gasteiger partial charge in [0, 0.05) is 34.6 Å². The lowest BCUT2D eigenvalue weighted by Crippen LogP contribution is -2.15. The van der Waals surface area contributed by atoms with Crippen molar-refractivity contribution in [2.24, 2.45) is 0 Å². The number of ether oxygens (including phenoxy) is 1. The number of imidazole rings is 1. The van der Waals surface area contributed by atoms with Gasteiger partial charge in [-0.2, -0.15) is 0 Å². The molecule has 2 heterocycles. The van der Waals surface area contributed by atoms with Gasteiger partial charge in [0.05, 0.1) is 24.1 Å². The summed E-state index contributed by atoms with van der Waals surface area (Å²) in [4.78, 5) is 28.7. The first kappa shape index (κ1) is 20.5. The summed E-state index contributed by atoms with van der Waals surface area (Å²) in [5.41, 5.74) is 4.07. The molecule has 0 aliphatic rings. The summed E-state index contributed by atoms with van der Waals surface area (Å²) in [7, 11) is 1.36. The number of amides is 1. The lowest BCUT2D eigenvalue weighted by molar-refractivity contribution is -0.385. The van der Waals surface area contributed by atoms with E-state index in [1.165, 1.54) is 36.1 Å². The van der Waals surface area contributed by atoms with E-state index in [0.29, 0.717) is 5.69 Å². The molecule has 0 aliphatic carbocycles. The molecule has 0 aliphatic heterocycles. The molecule has 4 aromatic rings. The maximum Gasteiger partial charge on any atom is 0.312 e. The fourth-order valence-electron chi connectivity index (χ4n) is 3.29. The van der Waals surface area contributed by atoms with Crippen molar-refractivity contribution in [2.45, 2.75) is 19.8 Å². The molecule has 0 fully saturated rings. The summed E-state index contributed by atoms with van der Waals surface area (Å²) >= 11 is 1.46. The maximum atomic E-state index is 12.6. The van der Waals surface area contributed by atoms with Crippen LogP contribution < -0.4 is 10.1 Å². The molecule has 0 saturated heterocycles. The minimum atomic E-state index is -0.545. The van der Waals surface area contributed by atoms with Gasteiger partial charge in [-0.3, -0.25) is 19.3 Å². The van der Waals surface area contributed by atoms with E-state index in [2.05, 4.69) is 29.4 Å². The van der Waals surface area contributed by atoms with Crippen LogP contribution in [-0.4, -0.2) is 27.3 Å². The van der Waals surface area contributed by atoms with Crippen LogP contribution in [0.1, 0.15) is 18.2 Å². The molecule has 158 valence electrons. The highest BCUT2D eigenvalue weighted by Crippen LogP contribution is 2.30. The number of nitrogens with zero attached hydrogens (tertiary/aromatic N) is 3. The zero-order valence-corrected chi connectivity index (χ0v) is 17.8. The standard InChI is InChI=1S/C22H20N4O4S/c1-3-14-4-6-15(7-5-14)18-12-25-17(13-31-22(25)24-18)11-21(27)23-16-8-9-20(30-2)19(10-16)26(28)29/h4-10,12-13H,3,11H2,1-2H3,(H,23,27). The minimum Gasteiger partial charge on any atom is -0.490 e. The smallest absolute Gasteiger partial charge is 0.312 e. The third-order valence-corrected chi connectivity index (χ3v) is 5.83. The normalized spacial score (nSPS) is 10.9. The molecule has 2 aromatic carbocycles. The number of thiazole rings is 1. The van der Waals surface area contributed by atoms with Gasteiger partial charge in [-0.25, -0.2) is 4.98 Å². The first-order chi connectivity index (χ1) is 15.0. The maximum absolute atomic E-state index is 12.6. The summed E-state index contributed by atoms with van der Waals surface area (Å²) in [6.45, 7) is 2.11. The van der Waals surface area contributed by atoms with E-state index >= 15 is 0 Å². The largest absolute Gasteiger partial charge is 0.490 e. The number of hydrogen-bond acceptors (Lipinski definition) is 6. The molecule has 8 nitrogen and oxygen atoms in total. The number of methoxy groups -OCH3 is 1. The van der Waals surface area contributed by atoms with E-state index in [0.717, 1.165) is 28.3 Å². The Kier molecular flexibility index (Phi) is 5.68. The molecule has 1 N–H and O–H groups in total. The number of rotatable bonds is 7. The Labute approximate surface area is 182 Å². The van der Waals surface area contributed by atoms with Crippen molar-refractivity contribution in [3.63, 3.8) is 0 Å². The van der Waals surface area contributed by atoms with Gasteiger partial charge < -0.3 is 10.1 Å². The van der Waals surface area contributed by atoms with Crippen molar-refractivity contribution in [3.8, 4) is 17.0 Å². The lowest BCUT2D eigenvalue weighted by atomic mass is 10.1. The van der Waals surface area contributed by atoms with Crippen molar-refractivity contribution in [3.05, 3.63) is 75.4 Å². The molecule has 31 heavy (non-hydrogen) atoms.